The summed E-state index contributed by atoms with van der Waals surface area (Å²) >= 11 is 3.84. The summed E-state index contributed by atoms with van der Waals surface area (Å²) in [5.41, 5.74) is 3.83. The summed E-state index contributed by atoms with van der Waals surface area (Å²) in [5, 5.41) is 1.92. The molecule has 1 aromatic carbocycles. The lowest BCUT2D eigenvalue weighted by molar-refractivity contribution is 0.103. The van der Waals surface area contributed by atoms with Crippen molar-refractivity contribution in [1.29, 1.82) is 0 Å². The van der Waals surface area contributed by atoms with Crippen LogP contribution >= 0.6 is 33.9 Å². The quantitative estimate of drug-likeness (QED) is 0.591. The third kappa shape index (κ3) is 2.35. The summed E-state index contributed by atoms with van der Waals surface area (Å²) in [5.74, 6) is 0.122. The van der Waals surface area contributed by atoms with Crippen LogP contribution in [0.25, 0.3) is 0 Å². The molecule has 0 unspecified atom stereocenters. The van der Waals surface area contributed by atoms with E-state index in [1.807, 2.05) is 43.5 Å². The smallest absolute Gasteiger partial charge is 0.194 e. The van der Waals surface area contributed by atoms with E-state index in [0.717, 1.165) is 19.6 Å². The maximum Gasteiger partial charge on any atom is 0.194 e. The van der Waals surface area contributed by atoms with Crippen molar-refractivity contribution >= 4 is 39.7 Å². The molecule has 0 aliphatic heterocycles. The highest BCUT2D eigenvalue weighted by Gasteiger charge is 2.12. The van der Waals surface area contributed by atoms with Crippen molar-refractivity contribution in [3.63, 3.8) is 0 Å². The summed E-state index contributed by atoms with van der Waals surface area (Å²) < 4.78 is 1.14. The van der Waals surface area contributed by atoms with Gasteiger partial charge in [-0.15, -0.1) is 11.3 Å². The minimum Gasteiger partial charge on any atom is -0.289 e. The van der Waals surface area contributed by atoms with E-state index in [9.17, 15) is 4.79 Å². The lowest BCUT2D eigenvalue weighted by atomic mass is 9.99. The van der Waals surface area contributed by atoms with Crippen molar-refractivity contribution in [2.75, 3.05) is 0 Å². The van der Waals surface area contributed by atoms with Crippen LogP contribution in [0.15, 0.2) is 29.6 Å². The van der Waals surface area contributed by atoms with Gasteiger partial charge in [0.15, 0.2) is 5.78 Å². The molecule has 0 aliphatic carbocycles. The Morgan fingerprint density at radius 3 is 2.56 bits per heavy atom. The topological polar surface area (TPSA) is 17.1 Å². The average Bonchev–Trinajstić information content (AvgIpc) is 2.64. The zero-order chi connectivity index (χ0) is 11.7. The second-order valence-electron chi connectivity index (χ2n) is 3.79. The van der Waals surface area contributed by atoms with E-state index < -0.39 is 0 Å². The van der Waals surface area contributed by atoms with Gasteiger partial charge in [-0.3, -0.25) is 4.79 Å². The van der Waals surface area contributed by atoms with Gasteiger partial charge in [0, 0.05) is 16.5 Å². The molecule has 3 heteroatoms. The number of carbonyl (C=O) groups is 1. The van der Waals surface area contributed by atoms with Gasteiger partial charge in [0.25, 0.3) is 0 Å². The first-order valence-corrected chi connectivity index (χ1v) is 6.90. The molecule has 0 saturated heterocycles. The molecule has 1 heterocycles. The Bertz CT molecular complexity index is 543. The monoisotopic (exact) mass is 342 g/mol. The second kappa shape index (κ2) is 4.67. The lowest BCUT2D eigenvalue weighted by Gasteiger charge is -2.04. The molecule has 0 aliphatic rings. The molecule has 0 spiro atoms. The molecule has 82 valence electrons. The van der Waals surface area contributed by atoms with Gasteiger partial charge in [0.2, 0.25) is 0 Å². The van der Waals surface area contributed by atoms with Gasteiger partial charge in [-0.25, -0.2) is 0 Å². The van der Waals surface area contributed by atoms with Gasteiger partial charge in [0.1, 0.15) is 0 Å². The Balaban J connectivity index is 2.41. The standard InChI is InChI=1S/C13H11IOS/c1-8-3-4-11(9(2)5-8)13(15)10-6-12(14)16-7-10/h3-7H,1-2H3. The van der Waals surface area contributed by atoms with Gasteiger partial charge in [-0.1, -0.05) is 23.8 Å². The summed E-state index contributed by atoms with van der Waals surface area (Å²) in [4.78, 5) is 12.2. The minimum atomic E-state index is 0.122. The van der Waals surface area contributed by atoms with Crippen molar-refractivity contribution in [2.45, 2.75) is 13.8 Å². The van der Waals surface area contributed by atoms with Crippen LogP contribution in [0.2, 0.25) is 0 Å². The predicted molar refractivity (Wildman–Crippen MR) is 76.4 cm³/mol. The second-order valence-corrected chi connectivity index (χ2v) is 6.59. The summed E-state index contributed by atoms with van der Waals surface area (Å²) in [6.45, 7) is 4.02. The Hall–Kier alpha value is -0.680. The number of aryl methyl sites for hydroxylation is 2. The molecule has 2 aromatic rings. The average molecular weight is 342 g/mol. The summed E-state index contributed by atoms with van der Waals surface area (Å²) in [7, 11) is 0. The Kier molecular flexibility index (Phi) is 3.44. The summed E-state index contributed by atoms with van der Waals surface area (Å²) in [6.07, 6.45) is 0. The van der Waals surface area contributed by atoms with Crippen molar-refractivity contribution in [3.8, 4) is 0 Å². The van der Waals surface area contributed by atoms with E-state index in [-0.39, 0.29) is 5.78 Å². The predicted octanol–water partition coefficient (Wildman–Crippen LogP) is 4.20. The van der Waals surface area contributed by atoms with Gasteiger partial charge < -0.3 is 0 Å². The van der Waals surface area contributed by atoms with Crippen molar-refractivity contribution < 1.29 is 4.79 Å². The fourth-order valence-corrected chi connectivity index (χ4v) is 2.98. The molecule has 2 rings (SSSR count). The number of halogens is 1. The fourth-order valence-electron chi connectivity index (χ4n) is 1.65. The van der Waals surface area contributed by atoms with Gasteiger partial charge in [-0.2, -0.15) is 0 Å². The van der Waals surface area contributed by atoms with Crippen molar-refractivity contribution in [3.05, 3.63) is 54.8 Å². The molecule has 0 bridgehead atoms. The molecule has 0 atom stereocenters. The highest BCUT2D eigenvalue weighted by molar-refractivity contribution is 14.1. The first kappa shape index (κ1) is 11.8. The third-order valence-corrected chi connectivity index (χ3v) is 4.25. The zero-order valence-electron chi connectivity index (χ0n) is 9.08. The van der Waals surface area contributed by atoms with Crippen LogP contribution in [0, 0.1) is 16.7 Å². The molecule has 0 radical (unpaired) electrons. The van der Waals surface area contributed by atoms with Crippen LogP contribution in [0.1, 0.15) is 27.0 Å². The number of ketones is 1. The number of hydrogen-bond donors (Lipinski definition) is 0. The van der Waals surface area contributed by atoms with Crippen LogP contribution in [0.5, 0.6) is 0 Å². The number of benzene rings is 1. The minimum absolute atomic E-state index is 0.122. The molecule has 0 fully saturated rings. The van der Waals surface area contributed by atoms with Crippen LogP contribution in [0.3, 0.4) is 0 Å². The van der Waals surface area contributed by atoms with E-state index in [0.29, 0.717) is 0 Å². The van der Waals surface area contributed by atoms with Gasteiger partial charge in [-0.05, 0) is 48.1 Å². The normalized spacial score (nSPS) is 10.4. The largest absolute Gasteiger partial charge is 0.289 e. The highest BCUT2D eigenvalue weighted by atomic mass is 127. The first-order valence-electron chi connectivity index (χ1n) is 4.94. The maximum atomic E-state index is 12.2. The van der Waals surface area contributed by atoms with Crippen LogP contribution < -0.4 is 0 Å². The van der Waals surface area contributed by atoms with Gasteiger partial charge in [0.05, 0.1) is 2.88 Å². The van der Waals surface area contributed by atoms with Crippen molar-refractivity contribution in [1.82, 2.24) is 0 Å². The van der Waals surface area contributed by atoms with E-state index >= 15 is 0 Å². The number of rotatable bonds is 2. The van der Waals surface area contributed by atoms with E-state index in [1.165, 1.54) is 5.56 Å². The molecule has 16 heavy (non-hydrogen) atoms. The number of hydrogen-bond acceptors (Lipinski definition) is 2. The molecule has 0 N–H and O–H groups in total. The van der Waals surface area contributed by atoms with E-state index in [1.54, 1.807) is 11.3 Å². The SMILES string of the molecule is Cc1ccc(C(=O)c2csc(I)c2)c(C)c1. The molecule has 0 saturated carbocycles. The zero-order valence-corrected chi connectivity index (χ0v) is 12.1. The molecular weight excluding hydrogens is 331 g/mol. The Morgan fingerprint density at radius 1 is 1.25 bits per heavy atom. The summed E-state index contributed by atoms with van der Waals surface area (Å²) in [6, 6.07) is 7.88. The third-order valence-electron chi connectivity index (χ3n) is 2.46. The number of carbonyl (C=O) groups excluding carboxylic acids is 1. The fraction of sp³-hybridized carbons (Fsp3) is 0.154. The maximum absolute atomic E-state index is 12.2. The molecule has 0 amide bonds. The number of thiophene rings is 1. The lowest BCUT2D eigenvalue weighted by Crippen LogP contribution is -2.02. The van der Waals surface area contributed by atoms with Gasteiger partial charge >= 0.3 is 0 Å². The van der Waals surface area contributed by atoms with Crippen LogP contribution in [-0.2, 0) is 0 Å². The Morgan fingerprint density at radius 2 is 2.00 bits per heavy atom. The molecule has 1 aromatic heterocycles. The first-order chi connectivity index (χ1) is 7.58. The van der Waals surface area contributed by atoms with E-state index in [2.05, 4.69) is 22.6 Å². The molecular formula is C13H11IOS. The van der Waals surface area contributed by atoms with Crippen LogP contribution in [-0.4, -0.2) is 5.78 Å². The van der Waals surface area contributed by atoms with E-state index in [4.69, 9.17) is 0 Å². The highest BCUT2D eigenvalue weighted by Crippen LogP contribution is 2.21. The van der Waals surface area contributed by atoms with Crippen molar-refractivity contribution in [2.24, 2.45) is 0 Å². The van der Waals surface area contributed by atoms with Crippen LogP contribution in [0.4, 0.5) is 0 Å². The Labute approximate surface area is 113 Å². The molecule has 1 nitrogen and oxygen atoms in total.